The van der Waals surface area contributed by atoms with Crippen molar-refractivity contribution in [3.05, 3.63) is 41.2 Å². The second-order valence-corrected chi connectivity index (χ2v) is 6.08. The van der Waals surface area contributed by atoms with Crippen molar-refractivity contribution in [2.75, 3.05) is 18.4 Å². The van der Waals surface area contributed by atoms with E-state index in [1.54, 1.807) is 23.6 Å². The van der Waals surface area contributed by atoms with E-state index >= 15 is 0 Å². The smallest absolute Gasteiger partial charge is 0.157 e. The van der Waals surface area contributed by atoms with Gasteiger partial charge in [0, 0.05) is 25.2 Å². The molecule has 0 radical (unpaired) electrons. The normalized spacial score (nSPS) is 15.0. The summed E-state index contributed by atoms with van der Waals surface area (Å²) in [5.74, 6) is 0.741. The summed E-state index contributed by atoms with van der Waals surface area (Å²) in [6, 6.07) is 2.96. The van der Waals surface area contributed by atoms with E-state index in [0.29, 0.717) is 17.4 Å². The molecule has 3 aromatic rings. The maximum atomic E-state index is 13.6. The Bertz CT molecular complexity index is 816. The number of aromatic nitrogens is 4. The number of nitrogens with one attached hydrogen (secondary N) is 2. The van der Waals surface area contributed by atoms with Crippen molar-refractivity contribution in [1.82, 2.24) is 25.3 Å². The quantitative estimate of drug-likeness (QED) is 0.766. The minimum Gasteiger partial charge on any atom is -0.362 e. The Morgan fingerprint density at radius 3 is 3.00 bits per heavy atom. The predicted octanol–water partition coefficient (Wildman–Crippen LogP) is 1.92. The van der Waals surface area contributed by atoms with Crippen LogP contribution < -0.4 is 10.6 Å². The summed E-state index contributed by atoms with van der Waals surface area (Å²) < 4.78 is 13.6. The molecule has 0 aromatic carbocycles. The van der Waals surface area contributed by atoms with Crippen molar-refractivity contribution in [3.63, 3.8) is 0 Å². The number of thiazole rings is 1. The highest BCUT2D eigenvalue weighted by Gasteiger charge is 2.23. The van der Waals surface area contributed by atoms with E-state index in [-0.39, 0.29) is 12.4 Å². The fraction of sp³-hybridized carbons (Fsp3) is 0.286. The van der Waals surface area contributed by atoms with Gasteiger partial charge in [0.25, 0.3) is 0 Å². The van der Waals surface area contributed by atoms with Crippen molar-refractivity contribution < 1.29 is 4.39 Å². The first kappa shape index (κ1) is 13.5. The van der Waals surface area contributed by atoms with Gasteiger partial charge in [-0.2, -0.15) is 0 Å². The number of hydrogen-bond acceptors (Lipinski definition) is 7. The molecule has 112 valence electrons. The Kier molecular flexibility index (Phi) is 3.39. The predicted molar refractivity (Wildman–Crippen MR) is 82.3 cm³/mol. The first-order valence-electron chi connectivity index (χ1n) is 6.96. The molecule has 0 aliphatic carbocycles. The van der Waals surface area contributed by atoms with E-state index < -0.39 is 0 Å². The molecule has 1 aliphatic rings. The summed E-state index contributed by atoms with van der Waals surface area (Å²) in [5.41, 5.74) is 1.10. The minimum atomic E-state index is -0.334. The van der Waals surface area contributed by atoms with Crippen LogP contribution in [0.5, 0.6) is 0 Å². The van der Waals surface area contributed by atoms with E-state index in [1.807, 2.05) is 0 Å². The zero-order valence-electron chi connectivity index (χ0n) is 11.6. The molecule has 0 unspecified atom stereocenters. The van der Waals surface area contributed by atoms with E-state index in [9.17, 15) is 4.39 Å². The van der Waals surface area contributed by atoms with Crippen molar-refractivity contribution in [3.8, 4) is 0 Å². The van der Waals surface area contributed by atoms with Crippen LogP contribution in [0.25, 0.3) is 10.3 Å². The maximum Gasteiger partial charge on any atom is 0.157 e. The standard InChI is InChI=1S/C14H13FN6S/c15-9-2-1-3-17-10(9)6-18-12-11-14(20-7-19-12)22-13(21-11)8-4-16-5-8/h1-3,7-8,16H,4-6H2,(H,18,19,20). The van der Waals surface area contributed by atoms with Crippen LogP contribution in [0.3, 0.4) is 0 Å². The number of fused-ring (bicyclic) bond motifs is 1. The fourth-order valence-electron chi connectivity index (χ4n) is 2.25. The van der Waals surface area contributed by atoms with Gasteiger partial charge in [-0.3, -0.25) is 4.98 Å². The van der Waals surface area contributed by atoms with Gasteiger partial charge >= 0.3 is 0 Å². The summed E-state index contributed by atoms with van der Waals surface area (Å²) in [6.07, 6.45) is 3.07. The van der Waals surface area contributed by atoms with E-state index in [1.165, 1.54) is 12.4 Å². The topological polar surface area (TPSA) is 75.6 Å². The number of nitrogens with zero attached hydrogens (tertiary/aromatic N) is 4. The molecule has 0 amide bonds. The number of pyridine rings is 1. The van der Waals surface area contributed by atoms with Crippen molar-refractivity contribution in [2.45, 2.75) is 12.5 Å². The molecule has 0 bridgehead atoms. The molecule has 4 heterocycles. The molecule has 4 rings (SSSR count). The third kappa shape index (κ3) is 2.40. The second kappa shape index (κ2) is 5.54. The minimum absolute atomic E-state index is 0.261. The van der Waals surface area contributed by atoms with Crippen LogP contribution in [0.1, 0.15) is 16.6 Å². The van der Waals surface area contributed by atoms with Crippen molar-refractivity contribution >= 4 is 27.5 Å². The molecule has 8 heteroatoms. The Labute approximate surface area is 129 Å². The Hall–Kier alpha value is -2.19. The number of halogens is 1. The SMILES string of the molecule is Fc1cccnc1CNc1ncnc2sc(C3CNC3)nc12. The van der Waals surface area contributed by atoms with Gasteiger partial charge in [-0.15, -0.1) is 0 Å². The van der Waals surface area contributed by atoms with Gasteiger partial charge in [0.05, 0.1) is 12.2 Å². The van der Waals surface area contributed by atoms with Gasteiger partial charge in [0.2, 0.25) is 0 Å². The second-order valence-electron chi connectivity index (χ2n) is 5.07. The highest BCUT2D eigenvalue weighted by atomic mass is 32.1. The van der Waals surface area contributed by atoms with Gasteiger partial charge in [-0.05, 0) is 12.1 Å². The first-order valence-corrected chi connectivity index (χ1v) is 7.78. The lowest BCUT2D eigenvalue weighted by molar-refractivity contribution is 0.447. The highest BCUT2D eigenvalue weighted by Crippen LogP contribution is 2.30. The molecule has 6 nitrogen and oxygen atoms in total. The van der Waals surface area contributed by atoms with Crippen molar-refractivity contribution in [1.29, 1.82) is 0 Å². The molecular weight excluding hydrogens is 303 g/mol. The lowest BCUT2D eigenvalue weighted by Crippen LogP contribution is -2.39. The van der Waals surface area contributed by atoms with Gasteiger partial charge in [0.1, 0.15) is 27.5 Å². The molecular formula is C14H13FN6S. The average Bonchev–Trinajstić information content (AvgIpc) is 2.88. The van der Waals surface area contributed by atoms with Crippen LogP contribution in [-0.4, -0.2) is 33.0 Å². The molecule has 1 aliphatic heterocycles. The molecule has 2 N–H and O–H groups in total. The van der Waals surface area contributed by atoms with Gasteiger partial charge < -0.3 is 10.6 Å². The third-order valence-corrected chi connectivity index (χ3v) is 4.73. The molecule has 0 spiro atoms. The molecule has 3 aromatic heterocycles. The highest BCUT2D eigenvalue weighted by molar-refractivity contribution is 7.18. The van der Waals surface area contributed by atoms with Crippen LogP contribution in [0, 0.1) is 5.82 Å². The number of anilines is 1. The molecule has 22 heavy (non-hydrogen) atoms. The van der Waals surface area contributed by atoms with Gasteiger partial charge in [-0.1, -0.05) is 11.3 Å². The van der Waals surface area contributed by atoms with Gasteiger partial charge in [0.15, 0.2) is 5.82 Å². The molecule has 1 fully saturated rings. The monoisotopic (exact) mass is 316 g/mol. The number of rotatable bonds is 4. The van der Waals surface area contributed by atoms with E-state index in [0.717, 1.165) is 28.4 Å². The molecule has 0 saturated carbocycles. The zero-order valence-corrected chi connectivity index (χ0v) is 12.4. The van der Waals surface area contributed by atoms with Crippen LogP contribution >= 0.6 is 11.3 Å². The Morgan fingerprint density at radius 2 is 2.23 bits per heavy atom. The summed E-state index contributed by atoms with van der Waals surface area (Å²) in [6.45, 7) is 2.17. The maximum absolute atomic E-state index is 13.6. The molecule has 0 atom stereocenters. The first-order chi connectivity index (χ1) is 10.8. The third-order valence-electron chi connectivity index (χ3n) is 3.60. The van der Waals surface area contributed by atoms with Crippen molar-refractivity contribution in [2.24, 2.45) is 0 Å². The summed E-state index contributed by atoms with van der Waals surface area (Å²) in [4.78, 5) is 18.0. The van der Waals surface area contributed by atoms with Crippen LogP contribution in [0.4, 0.5) is 10.2 Å². The van der Waals surface area contributed by atoms with E-state index in [4.69, 9.17) is 0 Å². The summed E-state index contributed by atoms with van der Waals surface area (Å²) in [7, 11) is 0. The van der Waals surface area contributed by atoms with Crippen LogP contribution in [0.15, 0.2) is 24.7 Å². The average molecular weight is 316 g/mol. The fourth-order valence-corrected chi connectivity index (χ4v) is 3.26. The Morgan fingerprint density at radius 1 is 1.32 bits per heavy atom. The summed E-state index contributed by atoms with van der Waals surface area (Å²) >= 11 is 1.59. The van der Waals surface area contributed by atoms with Crippen LogP contribution in [0.2, 0.25) is 0 Å². The lowest BCUT2D eigenvalue weighted by Gasteiger charge is -2.24. The van der Waals surface area contributed by atoms with Crippen LogP contribution in [-0.2, 0) is 6.54 Å². The summed E-state index contributed by atoms with van der Waals surface area (Å²) in [5, 5.41) is 7.42. The van der Waals surface area contributed by atoms with Gasteiger partial charge in [-0.25, -0.2) is 19.3 Å². The molecule has 1 saturated heterocycles. The largest absolute Gasteiger partial charge is 0.362 e. The Balaban J connectivity index is 1.61. The number of hydrogen-bond donors (Lipinski definition) is 2. The zero-order chi connectivity index (χ0) is 14.9. The lowest BCUT2D eigenvalue weighted by atomic mass is 10.1. The van der Waals surface area contributed by atoms with E-state index in [2.05, 4.69) is 30.6 Å².